The predicted octanol–water partition coefficient (Wildman–Crippen LogP) is 2.79. The zero-order chi connectivity index (χ0) is 18.1. The van der Waals surface area contributed by atoms with Gasteiger partial charge in [-0.25, -0.2) is 4.79 Å². The van der Waals surface area contributed by atoms with Crippen molar-refractivity contribution in [3.8, 4) is 0 Å². The third kappa shape index (κ3) is 6.19. The van der Waals surface area contributed by atoms with Crippen molar-refractivity contribution < 1.29 is 4.79 Å². The van der Waals surface area contributed by atoms with Gasteiger partial charge in [0.05, 0.1) is 6.04 Å². The van der Waals surface area contributed by atoms with Gasteiger partial charge in [0.1, 0.15) is 0 Å². The molecular formula is C20H28N4O. The van der Waals surface area contributed by atoms with Gasteiger partial charge >= 0.3 is 6.03 Å². The zero-order valence-corrected chi connectivity index (χ0v) is 15.3. The van der Waals surface area contributed by atoms with Crippen molar-refractivity contribution in [2.45, 2.75) is 25.8 Å². The molecule has 1 heterocycles. The highest BCUT2D eigenvalue weighted by Gasteiger charge is 2.15. The van der Waals surface area contributed by atoms with E-state index in [9.17, 15) is 4.79 Å². The maximum absolute atomic E-state index is 12.0. The molecule has 2 amide bonds. The summed E-state index contributed by atoms with van der Waals surface area (Å²) >= 11 is 0. The van der Waals surface area contributed by atoms with Crippen molar-refractivity contribution in [2.24, 2.45) is 0 Å². The van der Waals surface area contributed by atoms with Crippen LogP contribution in [0.3, 0.4) is 0 Å². The number of pyridine rings is 1. The Labute approximate surface area is 150 Å². The van der Waals surface area contributed by atoms with E-state index in [1.807, 2.05) is 32.3 Å². The minimum Gasteiger partial charge on any atom is -0.338 e. The molecule has 0 radical (unpaired) electrons. The molecular weight excluding hydrogens is 312 g/mol. The van der Waals surface area contributed by atoms with Gasteiger partial charge in [-0.15, -0.1) is 0 Å². The molecule has 5 nitrogen and oxygen atoms in total. The molecule has 1 unspecified atom stereocenters. The minimum absolute atomic E-state index is 0.145. The number of aromatic nitrogens is 1. The molecule has 0 aliphatic rings. The molecule has 0 saturated carbocycles. The van der Waals surface area contributed by atoms with E-state index in [0.29, 0.717) is 13.1 Å². The van der Waals surface area contributed by atoms with Crippen LogP contribution in [0.15, 0.2) is 48.7 Å². The molecule has 0 fully saturated rings. The van der Waals surface area contributed by atoms with Crippen molar-refractivity contribution >= 4 is 6.03 Å². The van der Waals surface area contributed by atoms with Crippen LogP contribution < -0.4 is 10.6 Å². The number of carbonyl (C=O) groups excluding carboxylic acids is 1. The Balaban J connectivity index is 1.80. The molecule has 1 aromatic heterocycles. The van der Waals surface area contributed by atoms with Crippen molar-refractivity contribution in [2.75, 3.05) is 27.2 Å². The van der Waals surface area contributed by atoms with E-state index in [-0.39, 0.29) is 12.1 Å². The van der Waals surface area contributed by atoms with Crippen LogP contribution in [0.2, 0.25) is 0 Å². The molecule has 25 heavy (non-hydrogen) atoms. The van der Waals surface area contributed by atoms with E-state index in [1.54, 1.807) is 6.20 Å². The van der Waals surface area contributed by atoms with Gasteiger partial charge in [-0.1, -0.05) is 37.3 Å². The van der Waals surface area contributed by atoms with E-state index in [1.165, 1.54) is 11.1 Å². The Morgan fingerprint density at radius 1 is 1.12 bits per heavy atom. The first kappa shape index (κ1) is 18.9. The van der Waals surface area contributed by atoms with Crippen LogP contribution in [0.1, 0.15) is 29.8 Å². The lowest BCUT2D eigenvalue weighted by atomic mass is 10.0. The fourth-order valence-corrected chi connectivity index (χ4v) is 2.68. The van der Waals surface area contributed by atoms with Gasteiger partial charge in [0.15, 0.2) is 0 Å². The molecule has 2 rings (SSSR count). The molecule has 0 spiro atoms. The lowest BCUT2D eigenvalue weighted by Gasteiger charge is -2.25. The lowest BCUT2D eigenvalue weighted by Crippen LogP contribution is -2.41. The van der Waals surface area contributed by atoms with E-state index >= 15 is 0 Å². The third-order valence-electron chi connectivity index (χ3n) is 4.24. The molecule has 0 aliphatic heterocycles. The van der Waals surface area contributed by atoms with E-state index in [4.69, 9.17) is 0 Å². The maximum atomic E-state index is 12.0. The highest BCUT2D eigenvalue weighted by Crippen LogP contribution is 2.18. The fourth-order valence-electron chi connectivity index (χ4n) is 2.68. The molecule has 0 aliphatic carbocycles. The monoisotopic (exact) mass is 340 g/mol. The van der Waals surface area contributed by atoms with Gasteiger partial charge in [0, 0.05) is 31.4 Å². The largest absolute Gasteiger partial charge is 0.338 e. The van der Waals surface area contributed by atoms with Crippen LogP contribution in [0, 0.1) is 0 Å². The number of rotatable bonds is 8. The second-order valence-corrected chi connectivity index (χ2v) is 6.28. The zero-order valence-electron chi connectivity index (χ0n) is 15.3. The van der Waals surface area contributed by atoms with Crippen molar-refractivity contribution in [1.29, 1.82) is 0 Å². The molecule has 0 bridgehead atoms. The quantitative estimate of drug-likeness (QED) is 0.777. The van der Waals surface area contributed by atoms with Crippen LogP contribution in [0.5, 0.6) is 0 Å². The molecule has 5 heteroatoms. The summed E-state index contributed by atoms with van der Waals surface area (Å²) in [6.45, 7) is 3.28. The number of likely N-dealkylation sites (N-methyl/N-ethyl adjacent to an activating group) is 1. The molecule has 1 atom stereocenters. The highest BCUT2D eigenvalue weighted by molar-refractivity contribution is 5.73. The van der Waals surface area contributed by atoms with Crippen LogP contribution in [-0.4, -0.2) is 43.1 Å². The summed E-state index contributed by atoms with van der Waals surface area (Å²) in [6.07, 6.45) is 3.52. The number of urea groups is 1. The summed E-state index contributed by atoms with van der Waals surface area (Å²) < 4.78 is 0. The SMILES string of the molecule is CCc1ccc(C(CNC(=O)NCCc2ccccn2)N(C)C)cc1. The molecule has 1 aromatic carbocycles. The molecule has 0 saturated heterocycles. The predicted molar refractivity (Wildman–Crippen MR) is 102 cm³/mol. The molecule has 2 N–H and O–H groups in total. The summed E-state index contributed by atoms with van der Waals surface area (Å²) in [5, 5.41) is 5.85. The first-order chi connectivity index (χ1) is 12.1. The Hall–Kier alpha value is -2.40. The van der Waals surface area contributed by atoms with Crippen molar-refractivity contribution in [1.82, 2.24) is 20.5 Å². The van der Waals surface area contributed by atoms with E-state index in [2.05, 4.69) is 51.7 Å². The maximum Gasteiger partial charge on any atom is 0.314 e. The first-order valence-corrected chi connectivity index (χ1v) is 8.77. The molecule has 134 valence electrons. The topological polar surface area (TPSA) is 57.3 Å². The van der Waals surface area contributed by atoms with E-state index < -0.39 is 0 Å². The number of carbonyl (C=O) groups is 1. The summed E-state index contributed by atoms with van der Waals surface area (Å²) in [7, 11) is 4.05. The number of amides is 2. The highest BCUT2D eigenvalue weighted by atomic mass is 16.2. The minimum atomic E-state index is -0.145. The number of aryl methyl sites for hydroxylation is 1. The van der Waals surface area contributed by atoms with Gasteiger partial charge in [0.2, 0.25) is 0 Å². The standard InChI is InChI=1S/C20H28N4O/c1-4-16-8-10-17(11-9-16)19(24(2)3)15-23-20(25)22-14-12-18-7-5-6-13-21-18/h5-11,13,19H,4,12,14-15H2,1-3H3,(H2,22,23,25). The smallest absolute Gasteiger partial charge is 0.314 e. The summed E-state index contributed by atoms with van der Waals surface area (Å²) in [5.74, 6) is 0. The summed E-state index contributed by atoms with van der Waals surface area (Å²) in [6, 6.07) is 14.4. The fraction of sp³-hybridized carbons (Fsp3) is 0.400. The average Bonchev–Trinajstić information content (AvgIpc) is 2.63. The van der Waals surface area contributed by atoms with Crippen LogP contribution in [0.4, 0.5) is 4.79 Å². The van der Waals surface area contributed by atoms with Gasteiger partial charge in [-0.3, -0.25) is 4.98 Å². The van der Waals surface area contributed by atoms with Crippen molar-refractivity contribution in [3.63, 3.8) is 0 Å². The van der Waals surface area contributed by atoms with Gasteiger partial charge in [0.25, 0.3) is 0 Å². The number of hydrogen-bond acceptors (Lipinski definition) is 3. The lowest BCUT2D eigenvalue weighted by molar-refractivity contribution is 0.233. The number of hydrogen-bond donors (Lipinski definition) is 2. The van der Waals surface area contributed by atoms with Crippen LogP contribution in [-0.2, 0) is 12.8 Å². The second-order valence-electron chi connectivity index (χ2n) is 6.28. The normalized spacial score (nSPS) is 12.0. The van der Waals surface area contributed by atoms with Crippen molar-refractivity contribution in [3.05, 3.63) is 65.5 Å². The number of nitrogens with zero attached hydrogens (tertiary/aromatic N) is 2. The summed E-state index contributed by atoms with van der Waals surface area (Å²) in [5.41, 5.74) is 3.50. The van der Waals surface area contributed by atoms with Crippen LogP contribution >= 0.6 is 0 Å². The first-order valence-electron chi connectivity index (χ1n) is 8.77. The number of benzene rings is 1. The van der Waals surface area contributed by atoms with Gasteiger partial charge in [-0.2, -0.15) is 0 Å². The van der Waals surface area contributed by atoms with Crippen LogP contribution in [0.25, 0.3) is 0 Å². The van der Waals surface area contributed by atoms with Gasteiger partial charge < -0.3 is 15.5 Å². The summed E-state index contributed by atoms with van der Waals surface area (Å²) in [4.78, 5) is 18.4. The third-order valence-corrected chi connectivity index (χ3v) is 4.24. The Kier molecular flexibility index (Phi) is 7.41. The Bertz CT molecular complexity index is 641. The average molecular weight is 340 g/mol. The van der Waals surface area contributed by atoms with E-state index in [0.717, 1.165) is 18.5 Å². The number of nitrogens with one attached hydrogen (secondary N) is 2. The van der Waals surface area contributed by atoms with Gasteiger partial charge in [-0.05, 0) is 43.8 Å². The Morgan fingerprint density at radius 2 is 1.88 bits per heavy atom. The second kappa shape index (κ2) is 9.79. The Morgan fingerprint density at radius 3 is 2.48 bits per heavy atom. The molecule has 2 aromatic rings.